The number of H-pyrrole nitrogens is 1. The summed E-state index contributed by atoms with van der Waals surface area (Å²) in [7, 11) is 0. The number of hydrogen-bond donors (Lipinski definition) is 2. The predicted molar refractivity (Wildman–Crippen MR) is 71.9 cm³/mol. The first-order valence-corrected chi connectivity index (χ1v) is 6.35. The average Bonchev–Trinajstić information content (AvgIpc) is 3.05. The largest absolute Gasteiger partial charge is 0.454 e. The van der Waals surface area contributed by atoms with Crippen LogP contribution in [0.15, 0.2) is 24.4 Å². The first-order valence-electron chi connectivity index (χ1n) is 6.35. The lowest BCUT2D eigenvalue weighted by Gasteiger charge is -2.12. The van der Waals surface area contributed by atoms with Gasteiger partial charge in [0, 0.05) is 5.56 Å². The highest BCUT2D eigenvalue weighted by atomic mass is 16.7. The van der Waals surface area contributed by atoms with Crippen molar-refractivity contribution in [1.82, 2.24) is 9.97 Å². The van der Waals surface area contributed by atoms with Crippen LogP contribution in [0, 0.1) is 5.92 Å². The second-order valence-electron chi connectivity index (χ2n) is 5.02. The molecule has 3 rings (SSSR count). The van der Waals surface area contributed by atoms with Gasteiger partial charge in [-0.05, 0) is 24.1 Å². The molecule has 0 spiro atoms. The van der Waals surface area contributed by atoms with Crippen LogP contribution in [0.1, 0.15) is 25.7 Å². The first kappa shape index (κ1) is 12.0. The van der Waals surface area contributed by atoms with E-state index in [9.17, 15) is 0 Å². The molecule has 1 aromatic heterocycles. The number of nitrogens with one attached hydrogen (secondary N) is 1. The quantitative estimate of drug-likeness (QED) is 0.888. The second kappa shape index (κ2) is 4.59. The molecule has 1 atom stereocenters. The summed E-state index contributed by atoms with van der Waals surface area (Å²) in [5.41, 5.74) is 8.03. The van der Waals surface area contributed by atoms with Gasteiger partial charge >= 0.3 is 0 Å². The van der Waals surface area contributed by atoms with Crippen LogP contribution in [0.25, 0.3) is 11.3 Å². The number of fused-ring (bicyclic) bond motifs is 1. The minimum Gasteiger partial charge on any atom is -0.454 e. The van der Waals surface area contributed by atoms with E-state index < -0.39 is 0 Å². The number of imidazole rings is 1. The van der Waals surface area contributed by atoms with Crippen molar-refractivity contribution in [3.63, 3.8) is 0 Å². The van der Waals surface area contributed by atoms with Gasteiger partial charge in [-0.15, -0.1) is 0 Å². The van der Waals surface area contributed by atoms with Gasteiger partial charge in [-0.25, -0.2) is 4.98 Å². The minimum absolute atomic E-state index is 0.0808. The number of aromatic nitrogens is 2. The Bertz CT molecular complexity index is 592. The van der Waals surface area contributed by atoms with E-state index in [1.807, 2.05) is 18.2 Å². The predicted octanol–water partition coefficient (Wildman–Crippen LogP) is 2.46. The Labute approximate surface area is 111 Å². The van der Waals surface area contributed by atoms with Crippen molar-refractivity contribution in [1.29, 1.82) is 0 Å². The molecule has 3 N–H and O–H groups in total. The molecule has 1 aliphatic rings. The average molecular weight is 259 g/mol. The van der Waals surface area contributed by atoms with Crippen molar-refractivity contribution in [2.24, 2.45) is 11.7 Å². The molecule has 5 nitrogen and oxygen atoms in total. The van der Waals surface area contributed by atoms with E-state index in [4.69, 9.17) is 15.2 Å². The fraction of sp³-hybridized carbons (Fsp3) is 0.357. The summed E-state index contributed by atoms with van der Waals surface area (Å²) in [6.45, 7) is 4.44. The summed E-state index contributed by atoms with van der Waals surface area (Å²) < 4.78 is 10.7. The van der Waals surface area contributed by atoms with Gasteiger partial charge in [-0.2, -0.15) is 0 Å². The molecule has 100 valence electrons. The van der Waals surface area contributed by atoms with Gasteiger partial charge < -0.3 is 20.2 Å². The molecule has 0 unspecified atom stereocenters. The number of benzene rings is 1. The molecule has 0 saturated carbocycles. The Morgan fingerprint density at radius 1 is 1.26 bits per heavy atom. The molecule has 5 heteroatoms. The molecule has 0 fully saturated rings. The third-order valence-electron chi connectivity index (χ3n) is 3.31. The second-order valence-corrected chi connectivity index (χ2v) is 5.02. The zero-order valence-corrected chi connectivity index (χ0v) is 11.0. The highest BCUT2D eigenvalue weighted by molar-refractivity contribution is 5.64. The highest BCUT2D eigenvalue weighted by Gasteiger charge is 2.17. The molecule has 0 radical (unpaired) electrons. The topological polar surface area (TPSA) is 73.2 Å². The van der Waals surface area contributed by atoms with Gasteiger partial charge in [0.2, 0.25) is 6.79 Å². The van der Waals surface area contributed by atoms with Crippen molar-refractivity contribution < 1.29 is 9.47 Å². The summed E-state index contributed by atoms with van der Waals surface area (Å²) in [6.07, 6.45) is 1.80. The number of aromatic amines is 1. The van der Waals surface area contributed by atoms with Crippen molar-refractivity contribution >= 4 is 0 Å². The van der Waals surface area contributed by atoms with Crippen LogP contribution in [0.5, 0.6) is 11.5 Å². The van der Waals surface area contributed by atoms with Crippen LogP contribution < -0.4 is 15.2 Å². The van der Waals surface area contributed by atoms with E-state index in [0.29, 0.717) is 5.92 Å². The lowest BCUT2D eigenvalue weighted by molar-refractivity contribution is 0.174. The number of hydrogen-bond acceptors (Lipinski definition) is 4. The number of nitrogens with two attached hydrogens (primary N) is 1. The van der Waals surface area contributed by atoms with E-state index >= 15 is 0 Å². The Kier molecular flexibility index (Phi) is 2.91. The summed E-state index contributed by atoms with van der Waals surface area (Å²) in [4.78, 5) is 7.62. The van der Waals surface area contributed by atoms with E-state index in [-0.39, 0.29) is 12.8 Å². The van der Waals surface area contributed by atoms with E-state index in [0.717, 1.165) is 28.6 Å². The van der Waals surface area contributed by atoms with Crippen LogP contribution in [-0.4, -0.2) is 16.8 Å². The van der Waals surface area contributed by atoms with Crippen molar-refractivity contribution in [3.8, 4) is 22.8 Å². The Morgan fingerprint density at radius 3 is 2.84 bits per heavy atom. The number of rotatable bonds is 3. The molecule has 1 aromatic carbocycles. The zero-order chi connectivity index (χ0) is 13.4. The van der Waals surface area contributed by atoms with Gasteiger partial charge in [0.1, 0.15) is 5.82 Å². The van der Waals surface area contributed by atoms with Crippen LogP contribution in [-0.2, 0) is 0 Å². The van der Waals surface area contributed by atoms with Crippen molar-refractivity contribution in [2.45, 2.75) is 19.9 Å². The van der Waals surface area contributed by atoms with Gasteiger partial charge in [0.25, 0.3) is 0 Å². The van der Waals surface area contributed by atoms with E-state index in [2.05, 4.69) is 23.8 Å². The first-order chi connectivity index (χ1) is 9.15. The fourth-order valence-electron chi connectivity index (χ4n) is 2.03. The summed E-state index contributed by atoms with van der Waals surface area (Å²) in [5.74, 6) is 2.70. The molecule has 0 amide bonds. The highest BCUT2D eigenvalue weighted by Crippen LogP contribution is 2.35. The summed E-state index contributed by atoms with van der Waals surface area (Å²) in [5, 5.41) is 0. The monoisotopic (exact) mass is 259 g/mol. The van der Waals surface area contributed by atoms with Crippen molar-refractivity contribution in [2.75, 3.05) is 6.79 Å². The summed E-state index contributed by atoms with van der Waals surface area (Å²) in [6, 6.07) is 5.75. The van der Waals surface area contributed by atoms with E-state index in [1.165, 1.54) is 0 Å². The van der Waals surface area contributed by atoms with E-state index in [1.54, 1.807) is 6.20 Å². The maximum Gasteiger partial charge on any atom is 0.231 e. The lowest BCUT2D eigenvalue weighted by atomic mass is 10.1. The molecule has 2 aromatic rings. The molecular weight excluding hydrogens is 242 g/mol. The molecule has 0 bridgehead atoms. The number of ether oxygens (including phenoxy) is 2. The van der Waals surface area contributed by atoms with Gasteiger partial charge in [-0.1, -0.05) is 13.8 Å². The number of nitrogens with zero attached hydrogens (tertiary/aromatic N) is 1. The Morgan fingerprint density at radius 2 is 2.05 bits per heavy atom. The van der Waals surface area contributed by atoms with Crippen LogP contribution in [0.2, 0.25) is 0 Å². The molecule has 2 heterocycles. The fourth-order valence-corrected chi connectivity index (χ4v) is 2.03. The standard InChI is InChI=1S/C14H17N3O2/c1-8(2)13(15)14-16-6-10(17-14)9-3-4-11-12(5-9)19-7-18-11/h3-6,8,13H,7,15H2,1-2H3,(H,16,17)/t13-/m0/s1. The van der Waals surface area contributed by atoms with Crippen LogP contribution in [0.4, 0.5) is 0 Å². The Hall–Kier alpha value is -2.01. The minimum atomic E-state index is -0.0808. The Balaban J connectivity index is 1.90. The molecule has 0 saturated heterocycles. The smallest absolute Gasteiger partial charge is 0.231 e. The third kappa shape index (κ3) is 2.17. The van der Waals surface area contributed by atoms with Crippen LogP contribution >= 0.6 is 0 Å². The van der Waals surface area contributed by atoms with Gasteiger partial charge in [0.15, 0.2) is 11.5 Å². The molecule has 19 heavy (non-hydrogen) atoms. The molecule has 0 aliphatic carbocycles. The lowest BCUT2D eigenvalue weighted by Crippen LogP contribution is -2.18. The van der Waals surface area contributed by atoms with Crippen LogP contribution in [0.3, 0.4) is 0 Å². The van der Waals surface area contributed by atoms with Crippen molar-refractivity contribution in [3.05, 3.63) is 30.2 Å². The third-order valence-corrected chi connectivity index (χ3v) is 3.31. The normalized spacial score (nSPS) is 14.9. The van der Waals surface area contributed by atoms with Gasteiger partial charge in [0.05, 0.1) is 17.9 Å². The maximum absolute atomic E-state index is 6.08. The maximum atomic E-state index is 6.08. The van der Waals surface area contributed by atoms with Gasteiger partial charge in [-0.3, -0.25) is 0 Å². The summed E-state index contributed by atoms with van der Waals surface area (Å²) >= 11 is 0. The molecular formula is C14H17N3O2. The molecule has 1 aliphatic heterocycles. The zero-order valence-electron chi connectivity index (χ0n) is 11.0. The SMILES string of the molecule is CC(C)[C@H](N)c1ncc(-c2ccc3c(c2)OCO3)[nH]1.